The molecule has 1 aromatic carbocycles. The second-order valence-electron chi connectivity index (χ2n) is 6.22. The van der Waals surface area contributed by atoms with E-state index in [1.165, 1.54) is 0 Å². The molecule has 2 rings (SSSR count). The lowest BCUT2D eigenvalue weighted by atomic mass is 9.97. The van der Waals surface area contributed by atoms with E-state index >= 15 is 0 Å². The number of nitrogens with zero attached hydrogens (tertiary/aromatic N) is 1. The van der Waals surface area contributed by atoms with E-state index in [-0.39, 0.29) is 31.6 Å². The van der Waals surface area contributed by atoms with Crippen LogP contribution >= 0.6 is 0 Å². The summed E-state index contributed by atoms with van der Waals surface area (Å²) in [6.07, 6.45) is -5.49. The molecule has 160 valence electrons. The molecule has 0 spiro atoms. The molecule has 0 bridgehead atoms. The largest absolute Gasteiger partial charge is 0.455 e. The first-order valence-electron chi connectivity index (χ1n) is 8.45. The second kappa shape index (κ2) is 9.52. The van der Waals surface area contributed by atoms with Gasteiger partial charge in [-0.2, -0.15) is 13.2 Å². The van der Waals surface area contributed by atoms with Crippen LogP contribution in [-0.4, -0.2) is 55.3 Å². The number of nitrogens with one attached hydrogen (secondary N) is 1. The third-order valence-corrected chi connectivity index (χ3v) is 3.99. The molecule has 0 saturated carbocycles. The topological polar surface area (TPSA) is 84.9 Å². The molecule has 12 heteroatoms. The zero-order valence-corrected chi connectivity index (χ0v) is 14.9. The lowest BCUT2D eigenvalue weighted by Crippen LogP contribution is -2.42. The van der Waals surface area contributed by atoms with E-state index < -0.39 is 54.9 Å². The first kappa shape index (κ1) is 22.4. The Hall–Kier alpha value is -2.92. The average Bonchev–Trinajstić information content (AvgIpc) is 2.66. The zero-order chi connectivity index (χ0) is 21.6. The van der Waals surface area contributed by atoms with Crippen molar-refractivity contribution >= 4 is 23.7 Å². The average molecular weight is 424 g/mol. The maximum Gasteiger partial charge on any atom is 0.422 e. The van der Waals surface area contributed by atoms with E-state index in [4.69, 9.17) is 4.74 Å². The van der Waals surface area contributed by atoms with Crippen molar-refractivity contribution < 1.29 is 45.8 Å². The Balaban J connectivity index is 1.71. The molecular formula is C17H17F5N2O5. The van der Waals surface area contributed by atoms with Crippen LogP contribution in [0.25, 0.3) is 0 Å². The Bertz CT molecular complexity index is 763. The van der Waals surface area contributed by atoms with Gasteiger partial charge in [-0.1, -0.05) is 0 Å². The summed E-state index contributed by atoms with van der Waals surface area (Å²) < 4.78 is 71.1. The molecule has 0 aliphatic carbocycles. The van der Waals surface area contributed by atoms with Gasteiger partial charge < -0.3 is 19.7 Å². The first-order valence-corrected chi connectivity index (χ1v) is 8.45. The number of esters is 1. The highest BCUT2D eigenvalue weighted by Crippen LogP contribution is 2.21. The molecule has 7 nitrogen and oxygen atoms in total. The summed E-state index contributed by atoms with van der Waals surface area (Å²) in [4.78, 5) is 36.3. The number of carbonyl (C=O) groups is 3. The van der Waals surface area contributed by atoms with Crippen LogP contribution in [0.1, 0.15) is 12.8 Å². The zero-order valence-electron chi connectivity index (χ0n) is 14.9. The van der Waals surface area contributed by atoms with Gasteiger partial charge in [0.05, 0.1) is 5.92 Å². The molecule has 1 aliphatic rings. The predicted octanol–water partition coefficient (Wildman–Crippen LogP) is 2.86. The monoisotopic (exact) mass is 424 g/mol. The van der Waals surface area contributed by atoms with Crippen LogP contribution in [0, 0.1) is 17.6 Å². The van der Waals surface area contributed by atoms with Gasteiger partial charge in [-0.3, -0.25) is 9.59 Å². The molecule has 0 unspecified atom stereocenters. The maximum atomic E-state index is 13.1. The van der Waals surface area contributed by atoms with Gasteiger partial charge in [-0.15, -0.1) is 0 Å². The van der Waals surface area contributed by atoms with Crippen LogP contribution in [0.2, 0.25) is 0 Å². The van der Waals surface area contributed by atoms with Crippen molar-refractivity contribution in [2.75, 3.05) is 31.6 Å². The number of hydrogen-bond donors (Lipinski definition) is 1. The van der Waals surface area contributed by atoms with Crippen molar-refractivity contribution in [3.05, 3.63) is 29.8 Å². The highest BCUT2D eigenvalue weighted by molar-refractivity contribution is 5.92. The third kappa shape index (κ3) is 7.20. The summed E-state index contributed by atoms with van der Waals surface area (Å²) in [7, 11) is 0. The number of carbonyl (C=O) groups excluding carboxylic acids is 3. The summed E-state index contributed by atoms with van der Waals surface area (Å²) in [5.74, 6) is -4.35. The number of ether oxygens (including phenoxy) is 2. The normalized spacial score (nSPS) is 15.0. The molecule has 2 amide bonds. The minimum atomic E-state index is -4.63. The molecule has 0 aromatic heterocycles. The number of rotatable bonds is 5. The van der Waals surface area contributed by atoms with Gasteiger partial charge in [-0.05, 0) is 25.0 Å². The van der Waals surface area contributed by atoms with Crippen LogP contribution in [0.4, 0.5) is 32.4 Å². The Labute approximate surface area is 161 Å². The van der Waals surface area contributed by atoms with E-state index in [1.807, 2.05) is 0 Å². The Morgan fingerprint density at radius 3 is 2.31 bits per heavy atom. The minimum absolute atomic E-state index is 0.00247. The van der Waals surface area contributed by atoms with E-state index in [1.54, 1.807) is 0 Å². The van der Waals surface area contributed by atoms with Gasteiger partial charge in [0.2, 0.25) is 0 Å². The van der Waals surface area contributed by atoms with Crippen molar-refractivity contribution in [1.29, 1.82) is 0 Å². The summed E-state index contributed by atoms with van der Waals surface area (Å²) in [5.41, 5.74) is -0.0179. The fourth-order valence-corrected chi connectivity index (χ4v) is 2.56. The number of anilines is 1. The third-order valence-electron chi connectivity index (χ3n) is 3.99. The SMILES string of the molecule is O=C(COC(=O)C1CCN(C(=O)OCC(F)(F)F)CC1)Nc1ccc(F)c(F)c1. The number of hydrogen-bond acceptors (Lipinski definition) is 5. The summed E-state index contributed by atoms with van der Waals surface area (Å²) in [6, 6.07) is 2.72. The number of amides is 2. The maximum absolute atomic E-state index is 13.1. The van der Waals surface area contributed by atoms with Gasteiger partial charge in [0, 0.05) is 24.8 Å². The lowest BCUT2D eigenvalue weighted by Gasteiger charge is -2.30. The summed E-state index contributed by atoms with van der Waals surface area (Å²) in [6.45, 7) is -2.36. The quantitative estimate of drug-likeness (QED) is 0.581. The molecule has 1 heterocycles. The van der Waals surface area contributed by atoms with Crippen LogP contribution in [0.5, 0.6) is 0 Å². The Kier molecular flexibility index (Phi) is 7.35. The molecule has 1 aromatic rings. The fraction of sp³-hybridized carbons (Fsp3) is 0.471. The Morgan fingerprint density at radius 2 is 1.72 bits per heavy atom. The van der Waals surface area contributed by atoms with Crippen molar-refractivity contribution in [2.45, 2.75) is 19.0 Å². The number of benzene rings is 1. The van der Waals surface area contributed by atoms with Gasteiger partial charge in [0.15, 0.2) is 24.8 Å². The highest BCUT2D eigenvalue weighted by atomic mass is 19.4. The van der Waals surface area contributed by atoms with Crippen molar-refractivity contribution in [1.82, 2.24) is 4.90 Å². The number of alkyl halides is 3. The predicted molar refractivity (Wildman–Crippen MR) is 87.6 cm³/mol. The summed E-state index contributed by atoms with van der Waals surface area (Å²) >= 11 is 0. The molecule has 1 fully saturated rings. The number of piperidine rings is 1. The lowest BCUT2D eigenvalue weighted by molar-refractivity contribution is -0.163. The molecule has 1 N–H and O–H groups in total. The van der Waals surface area contributed by atoms with Crippen molar-refractivity contribution in [3.8, 4) is 0 Å². The molecular weight excluding hydrogens is 407 g/mol. The van der Waals surface area contributed by atoms with Crippen LogP contribution < -0.4 is 5.32 Å². The van der Waals surface area contributed by atoms with Crippen LogP contribution in [0.15, 0.2) is 18.2 Å². The molecule has 0 atom stereocenters. The first-order chi connectivity index (χ1) is 13.5. The van der Waals surface area contributed by atoms with E-state index in [9.17, 15) is 36.3 Å². The van der Waals surface area contributed by atoms with Gasteiger partial charge in [0.25, 0.3) is 5.91 Å². The van der Waals surface area contributed by atoms with E-state index in [0.29, 0.717) is 0 Å². The number of likely N-dealkylation sites (tertiary alicyclic amines) is 1. The number of halogens is 5. The van der Waals surface area contributed by atoms with E-state index in [2.05, 4.69) is 10.1 Å². The van der Waals surface area contributed by atoms with Crippen molar-refractivity contribution in [2.24, 2.45) is 5.92 Å². The van der Waals surface area contributed by atoms with Gasteiger partial charge in [-0.25, -0.2) is 13.6 Å². The molecule has 1 aliphatic heterocycles. The van der Waals surface area contributed by atoms with E-state index in [0.717, 1.165) is 23.1 Å². The molecule has 29 heavy (non-hydrogen) atoms. The van der Waals surface area contributed by atoms with Crippen molar-refractivity contribution in [3.63, 3.8) is 0 Å². The summed E-state index contributed by atoms with van der Waals surface area (Å²) in [5, 5.41) is 2.23. The highest BCUT2D eigenvalue weighted by Gasteiger charge is 2.33. The Morgan fingerprint density at radius 1 is 1.07 bits per heavy atom. The smallest absolute Gasteiger partial charge is 0.422 e. The molecule has 1 saturated heterocycles. The standard InChI is InChI=1S/C17H17F5N2O5/c18-12-2-1-11(7-13(12)19)23-14(25)8-28-15(26)10-3-5-24(6-4-10)16(27)29-9-17(20,21)22/h1-2,7,10H,3-6,8-9H2,(H,23,25). The van der Waals surface area contributed by atoms with Gasteiger partial charge >= 0.3 is 18.2 Å². The fourth-order valence-electron chi connectivity index (χ4n) is 2.56. The molecule has 0 radical (unpaired) electrons. The van der Waals surface area contributed by atoms with Crippen LogP contribution in [-0.2, 0) is 19.1 Å². The van der Waals surface area contributed by atoms with Gasteiger partial charge in [0.1, 0.15) is 0 Å². The second-order valence-corrected chi connectivity index (χ2v) is 6.22. The van der Waals surface area contributed by atoms with Crippen LogP contribution in [0.3, 0.4) is 0 Å². The minimum Gasteiger partial charge on any atom is -0.455 e.